The van der Waals surface area contributed by atoms with Crippen LogP contribution in [0.2, 0.25) is 0 Å². The molecule has 3 aliphatic carbocycles. The Bertz CT molecular complexity index is 1500. The molecule has 3 fully saturated rings. The van der Waals surface area contributed by atoms with Gasteiger partial charge in [-0.25, -0.2) is 13.2 Å². The van der Waals surface area contributed by atoms with E-state index < -0.39 is 56.7 Å². The van der Waals surface area contributed by atoms with Gasteiger partial charge in [0.1, 0.15) is 17.7 Å². The Kier molecular flexibility index (Phi) is 8.51. The summed E-state index contributed by atoms with van der Waals surface area (Å²) in [7, 11) is -2.16. The molecule has 3 saturated carbocycles. The van der Waals surface area contributed by atoms with Crippen LogP contribution in [0.5, 0.6) is 0 Å². The van der Waals surface area contributed by atoms with E-state index in [1.807, 2.05) is 25.1 Å². The minimum Gasteiger partial charge on any atom is -0.446 e. The van der Waals surface area contributed by atoms with Crippen LogP contribution in [-0.2, 0) is 29.1 Å². The first-order chi connectivity index (χ1) is 20.4. The number of nitriles is 1. The lowest BCUT2D eigenvalue weighted by molar-refractivity contribution is -0.140. The molecule has 0 saturated heterocycles. The van der Waals surface area contributed by atoms with Crippen molar-refractivity contribution in [2.45, 2.75) is 75.2 Å². The Morgan fingerprint density at radius 2 is 1.91 bits per heavy atom. The molecule has 5 rings (SSSR count). The van der Waals surface area contributed by atoms with Crippen molar-refractivity contribution in [1.82, 2.24) is 14.9 Å². The molecule has 5 unspecified atom stereocenters. The summed E-state index contributed by atoms with van der Waals surface area (Å²) in [6, 6.07) is 7.00. The number of anilines is 1. The largest absolute Gasteiger partial charge is 0.446 e. The molecule has 3 N–H and O–H groups in total. The molecule has 0 spiro atoms. The van der Waals surface area contributed by atoms with E-state index in [-0.39, 0.29) is 36.7 Å². The zero-order valence-electron chi connectivity index (χ0n) is 24.3. The predicted octanol–water partition coefficient (Wildman–Crippen LogP) is 2.49. The van der Waals surface area contributed by atoms with E-state index in [1.54, 1.807) is 30.1 Å². The monoisotopic (exact) mass is 611 g/mol. The molecule has 12 nitrogen and oxygen atoms in total. The van der Waals surface area contributed by atoms with Crippen molar-refractivity contribution < 1.29 is 32.3 Å². The van der Waals surface area contributed by atoms with E-state index in [9.17, 15) is 32.9 Å². The highest BCUT2D eigenvalue weighted by atomic mass is 32.2. The van der Waals surface area contributed by atoms with Crippen LogP contribution in [0, 0.1) is 36.0 Å². The third kappa shape index (κ3) is 6.69. The average molecular weight is 612 g/mol. The molecule has 1 aromatic carbocycles. The van der Waals surface area contributed by atoms with E-state index in [4.69, 9.17) is 4.74 Å². The van der Waals surface area contributed by atoms with Crippen molar-refractivity contribution in [3.05, 3.63) is 41.5 Å². The van der Waals surface area contributed by atoms with Gasteiger partial charge < -0.3 is 15.0 Å². The highest BCUT2D eigenvalue weighted by Gasteiger charge is 2.62. The zero-order valence-corrected chi connectivity index (χ0v) is 25.1. The Hall–Kier alpha value is -3.92. The second-order valence-corrected chi connectivity index (χ2v) is 14.1. The lowest BCUT2D eigenvalue weighted by atomic mass is 9.93. The van der Waals surface area contributed by atoms with Crippen molar-refractivity contribution in [2.24, 2.45) is 17.8 Å². The minimum absolute atomic E-state index is 0.0427. The van der Waals surface area contributed by atoms with Crippen LogP contribution >= 0.6 is 0 Å². The van der Waals surface area contributed by atoms with Gasteiger partial charge in [-0.3, -0.25) is 24.4 Å². The molecule has 4 amide bonds. The summed E-state index contributed by atoms with van der Waals surface area (Å²) in [6.07, 6.45) is 5.83. The van der Waals surface area contributed by atoms with E-state index in [1.165, 1.54) is 0 Å². The number of nitrogens with zero attached hydrogens (tertiary/aromatic N) is 2. The summed E-state index contributed by atoms with van der Waals surface area (Å²) < 4.78 is 32.9. The van der Waals surface area contributed by atoms with Crippen LogP contribution in [0.1, 0.15) is 62.5 Å². The summed E-state index contributed by atoms with van der Waals surface area (Å²) in [4.78, 5) is 55.1. The van der Waals surface area contributed by atoms with Crippen molar-refractivity contribution in [3.63, 3.8) is 0 Å². The van der Waals surface area contributed by atoms with E-state index >= 15 is 0 Å². The third-order valence-electron chi connectivity index (χ3n) is 8.80. The maximum atomic E-state index is 13.8. The van der Waals surface area contributed by atoms with Crippen molar-refractivity contribution in [2.75, 3.05) is 18.9 Å². The summed E-state index contributed by atoms with van der Waals surface area (Å²) >= 11 is 0. The van der Waals surface area contributed by atoms with Gasteiger partial charge in [0.05, 0.1) is 28.3 Å². The number of benzene rings is 1. The second-order valence-electron chi connectivity index (χ2n) is 12.1. The number of allylic oxidation sites excluding steroid dienone is 1. The summed E-state index contributed by atoms with van der Waals surface area (Å²) in [5.74, 6) is -3.68. The topological polar surface area (TPSA) is 175 Å². The number of aryl methyl sites for hydroxylation is 1. The second kappa shape index (κ2) is 12.0. The molecule has 13 heteroatoms. The molecule has 230 valence electrons. The van der Waals surface area contributed by atoms with Crippen molar-refractivity contribution in [3.8, 4) is 6.07 Å². The fraction of sp³-hybridized carbons (Fsp3) is 0.567. The quantitative estimate of drug-likeness (QED) is 0.426. The van der Waals surface area contributed by atoms with Crippen LogP contribution in [0.25, 0.3) is 0 Å². The number of carbonyl (C=O) groups excluding carboxylic acids is 4. The van der Waals surface area contributed by atoms with Crippen LogP contribution < -0.4 is 15.4 Å². The van der Waals surface area contributed by atoms with Gasteiger partial charge in [0.15, 0.2) is 0 Å². The van der Waals surface area contributed by atoms with Gasteiger partial charge in [-0.05, 0) is 76.0 Å². The first-order valence-corrected chi connectivity index (χ1v) is 16.3. The fourth-order valence-corrected chi connectivity index (χ4v) is 7.41. The number of hydrogen-bond acceptors (Lipinski definition) is 8. The van der Waals surface area contributed by atoms with E-state index in [0.717, 1.165) is 24.8 Å². The van der Waals surface area contributed by atoms with Crippen LogP contribution in [-0.4, -0.2) is 67.6 Å². The van der Waals surface area contributed by atoms with Gasteiger partial charge in [-0.1, -0.05) is 18.2 Å². The Morgan fingerprint density at radius 3 is 2.63 bits per heavy atom. The van der Waals surface area contributed by atoms with Gasteiger partial charge >= 0.3 is 6.09 Å². The first kappa shape index (κ1) is 30.5. The number of nitrogens with one attached hydrogen (secondary N) is 3. The van der Waals surface area contributed by atoms with Gasteiger partial charge in [0.25, 0.3) is 5.91 Å². The van der Waals surface area contributed by atoms with Gasteiger partial charge in [-0.2, -0.15) is 5.26 Å². The van der Waals surface area contributed by atoms with Gasteiger partial charge in [0.2, 0.25) is 21.8 Å². The van der Waals surface area contributed by atoms with Gasteiger partial charge in [0, 0.05) is 19.5 Å². The molecule has 1 aromatic rings. The predicted molar refractivity (Wildman–Crippen MR) is 156 cm³/mol. The number of ether oxygens (including phenoxy) is 1. The molecule has 1 heterocycles. The number of hydrogen-bond donors (Lipinski definition) is 3. The van der Waals surface area contributed by atoms with E-state index in [2.05, 4.69) is 15.4 Å². The van der Waals surface area contributed by atoms with Crippen LogP contribution in [0.3, 0.4) is 0 Å². The minimum atomic E-state index is -3.84. The molecule has 0 aromatic heterocycles. The number of fused-ring (bicyclic) bond motifs is 2. The number of rotatable bonds is 5. The average Bonchev–Trinajstić information content (AvgIpc) is 3.87. The maximum Gasteiger partial charge on any atom is 0.411 e. The van der Waals surface area contributed by atoms with Crippen molar-refractivity contribution >= 4 is 39.5 Å². The van der Waals surface area contributed by atoms with Crippen LogP contribution in [0.15, 0.2) is 30.4 Å². The fourth-order valence-electron chi connectivity index (χ4n) is 6.04. The molecule has 5 atom stereocenters. The number of carbonyl (C=O) groups is 4. The SMILES string of the molecule is Cc1ccc(C#N)c(NC(=O)OC2CC3C(=O)NC4(C(=O)NS(=O)(=O)C5CC5)CC4/C=C/CCCCN(C)C(=O)C3C2)c1. The Balaban J connectivity index is 1.35. The Morgan fingerprint density at radius 1 is 1.16 bits per heavy atom. The highest BCUT2D eigenvalue weighted by molar-refractivity contribution is 7.91. The molecular formula is C30H37N5O7S. The van der Waals surface area contributed by atoms with E-state index in [0.29, 0.717) is 25.1 Å². The number of sulfonamides is 1. The maximum absolute atomic E-state index is 13.8. The summed E-state index contributed by atoms with van der Waals surface area (Å²) in [5, 5.41) is 14.2. The highest BCUT2D eigenvalue weighted by Crippen LogP contribution is 2.47. The lowest BCUT2D eigenvalue weighted by Gasteiger charge is -2.26. The number of amides is 4. The normalized spacial score (nSPS) is 30.0. The molecule has 4 aliphatic rings. The van der Waals surface area contributed by atoms with Crippen molar-refractivity contribution in [1.29, 1.82) is 5.26 Å². The molecule has 0 bridgehead atoms. The molecular weight excluding hydrogens is 574 g/mol. The summed E-state index contributed by atoms with van der Waals surface area (Å²) in [5.41, 5.74) is -0.0483. The molecule has 1 aliphatic heterocycles. The molecule has 0 radical (unpaired) electrons. The van der Waals surface area contributed by atoms with Crippen LogP contribution in [0.4, 0.5) is 10.5 Å². The Labute approximate surface area is 251 Å². The smallest absolute Gasteiger partial charge is 0.411 e. The standard InChI is InChI=1S/C30H37N5O7S/c1-18-8-9-19(17-31)25(13-18)32-29(39)42-21-14-23-24(15-21)27(37)35(2)12-6-4-3-5-7-20-16-30(20,33-26(23)36)28(38)34-43(40,41)22-10-11-22/h5,7-9,13,20-24H,3-4,6,10-12,14-16H2,1-2H3,(H,32,39)(H,33,36)(H,34,38)/b7-5+. The third-order valence-corrected chi connectivity index (χ3v) is 10.6. The zero-order chi connectivity index (χ0) is 30.9. The first-order valence-electron chi connectivity index (χ1n) is 14.7. The van der Waals surface area contributed by atoms with Gasteiger partial charge in [-0.15, -0.1) is 0 Å². The molecule has 43 heavy (non-hydrogen) atoms. The lowest BCUT2D eigenvalue weighted by Crippen LogP contribution is -2.54. The summed E-state index contributed by atoms with van der Waals surface area (Å²) in [6.45, 7) is 2.32.